The topological polar surface area (TPSA) is 20.2 Å². The maximum atomic E-state index is 13.9. The van der Waals surface area contributed by atoms with Crippen molar-refractivity contribution in [2.24, 2.45) is 0 Å². The summed E-state index contributed by atoms with van der Waals surface area (Å²) in [4.78, 5) is 0. The van der Waals surface area contributed by atoms with Gasteiger partial charge in [-0.05, 0) is 44.0 Å². The van der Waals surface area contributed by atoms with Gasteiger partial charge in [-0.25, -0.2) is 0 Å². The average Bonchev–Trinajstić information content (AvgIpc) is 2.50. The van der Waals surface area contributed by atoms with Crippen LogP contribution in [0.2, 0.25) is 0 Å². The van der Waals surface area contributed by atoms with Crippen LogP contribution in [0.15, 0.2) is 21.1 Å². The number of phenols is 1. The van der Waals surface area contributed by atoms with Crippen LogP contribution < -0.4 is 0 Å². The highest BCUT2D eigenvalue weighted by atomic mass is 79.9. The van der Waals surface area contributed by atoms with E-state index < -0.39 is 56.0 Å². The second-order valence-electron chi connectivity index (χ2n) is 5.16. The first kappa shape index (κ1) is 25.1. The van der Waals surface area contributed by atoms with Crippen LogP contribution in [0.4, 0.5) is 57.1 Å². The smallest absolute Gasteiger partial charge is 0.460 e. The zero-order valence-electron chi connectivity index (χ0n) is 12.3. The maximum Gasteiger partial charge on any atom is 0.460 e. The number of hydrogen-bond acceptors (Lipinski definition) is 1. The number of phenolic OH excluding ortho intramolecular Hbond substituents is 1. The molecule has 1 nitrogen and oxygen atoms in total. The van der Waals surface area contributed by atoms with E-state index in [-0.39, 0.29) is 12.1 Å². The molecule has 1 aromatic rings. The van der Waals surface area contributed by atoms with Gasteiger partial charge in [0, 0.05) is 5.56 Å². The Hall–Kier alpha value is -0.930. The summed E-state index contributed by atoms with van der Waals surface area (Å²) in [5, 5.41) is 9.27. The number of rotatable bonds is 5. The largest absolute Gasteiger partial charge is 0.506 e. The molecule has 0 aliphatic heterocycles. The summed E-state index contributed by atoms with van der Waals surface area (Å²) < 4.78 is 168. The van der Waals surface area contributed by atoms with Gasteiger partial charge >= 0.3 is 35.8 Å². The number of halogens is 15. The fourth-order valence-electron chi connectivity index (χ4n) is 1.70. The van der Waals surface area contributed by atoms with Crippen molar-refractivity contribution < 1.29 is 62.2 Å². The highest BCUT2D eigenvalue weighted by Crippen LogP contribution is 2.62. The normalized spacial score (nSPS) is 15.1. The van der Waals surface area contributed by atoms with Crippen molar-refractivity contribution in [3.8, 4) is 5.75 Å². The first-order valence-corrected chi connectivity index (χ1v) is 7.80. The third-order valence-corrected chi connectivity index (χ3v) is 4.52. The highest BCUT2D eigenvalue weighted by molar-refractivity contribution is 9.11. The van der Waals surface area contributed by atoms with E-state index in [0.717, 1.165) is 0 Å². The summed E-state index contributed by atoms with van der Waals surface area (Å²) in [6, 6.07) is -0.297. The Bertz CT molecular complexity index is 733. The van der Waals surface area contributed by atoms with Gasteiger partial charge in [0.25, 0.3) is 0 Å². The first-order valence-electron chi connectivity index (χ1n) is 6.21. The van der Waals surface area contributed by atoms with Gasteiger partial charge in [0.05, 0.1) is 8.95 Å². The van der Waals surface area contributed by atoms with Gasteiger partial charge in [-0.2, -0.15) is 57.1 Å². The predicted octanol–water partition coefficient (Wildman–Crippen LogP) is 7.11. The fraction of sp³-hybridized carbons (Fsp3) is 0.500. The molecule has 0 aromatic heterocycles. The van der Waals surface area contributed by atoms with Crippen LogP contribution in [0.1, 0.15) is 5.56 Å². The van der Waals surface area contributed by atoms with Crippen LogP contribution >= 0.6 is 31.9 Å². The third kappa shape index (κ3) is 3.33. The monoisotopic (exact) mass is 568 g/mol. The Kier molecular flexibility index (Phi) is 6.10. The zero-order chi connectivity index (χ0) is 22.7. The second kappa shape index (κ2) is 6.80. The molecular formula is C12H3Br2F13O. The maximum absolute atomic E-state index is 13.9. The minimum absolute atomic E-state index is 0.149. The second-order valence-corrected chi connectivity index (χ2v) is 6.87. The van der Waals surface area contributed by atoms with Gasteiger partial charge in [-0.1, -0.05) is 0 Å². The minimum Gasteiger partial charge on any atom is -0.506 e. The molecule has 0 aliphatic rings. The van der Waals surface area contributed by atoms with Gasteiger partial charge in [-0.3, -0.25) is 0 Å². The molecule has 0 bridgehead atoms. The van der Waals surface area contributed by atoms with Crippen LogP contribution in [-0.4, -0.2) is 35.0 Å². The number of hydrogen-bond donors (Lipinski definition) is 1. The molecule has 0 atom stereocenters. The van der Waals surface area contributed by atoms with Gasteiger partial charge in [0.15, 0.2) is 0 Å². The Balaban J connectivity index is 3.67. The van der Waals surface area contributed by atoms with Crippen LogP contribution in [0, 0.1) is 0 Å². The molecule has 0 amide bonds. The van der Waals surface area contributed by atoms with Crippen molar-refractivity contribution in [1.29, 1.82) is 0 Å². The van der Waals surface area contributed by atoms with Crippen molar-refractivity contribution in [2.75, 3.05) is 0 Å². The molecule has 0 unspecified atom stereocenters. The lowest BCUT2D eigenvalue weighted by molar-refractivity contribution is -0.441. The molecule has 1 N–H and O–H groups in total. The molecule has 0 aliphatic carbocycles. The lowest BCUT2D eigenvalue weighted by Crippen LogP contribution is -2.69. The molecule has 162 valence electrons. The Morgan fingerprint density at radius 1 is 0.571 bits per heavy atom. The third-order valence-electron chi connectivity index (χ3n) is 3.31. The van der Waals surface area contributed by atoms with E-state index in [1.807, 2.05) is 0 Å². The molecule has 0 saturated carbocycles. The lowest BCUT2D eigenvalue weighted by Gasteiger charge is -2.39. The van der Waals surface area contributed by atoms with Crippen LogP contribution in [-0.2, 0) is 5.92 Å². The van der Waals surface area contributed by atoms with E-state index in [9.17, 15) is 62.2 Å². The number of benzene rings is 1. The molecule has 28 heavy (non-hydrogen) atoms. The number of aromatic hydroxyl groups is 1. The zero-order valence-corrected chi connectivity index (χ0v) is 15.4. The lowest BCUT2D eigenvalue weighted by atomic mass is 9.90. The van der Waals surface area contributed by atoms with E-state index in [2.05, 4.69) is 31.9 Å². The minimum atomic E-state index is -7.96. The summed E-state index contributed by atoms with van der Waals surface area (Å²) in [5.74, 6) is -38.4. The molecule has 16 heteroatoms. The first-order chi connectivity index (χ1) is 12.1. The molecular weight excluding hydrogens is 567 g/mol. The van der Waals surface area contributed by atoms with Crippen LogP contribution in [0.5, 0.6) is 5.75 Å². The summed E-state index contributed by atoms with van der Waals surface area (Å²) in [5.41, 5.74) is -2.21. The van der Waals surface area contributed by atoms with Crippen LogP contribution in [0.3, 0.4) is 0 Å². The van der Waals surface area contributed by atoms with Gasteiger partial charge in [0.1, 0.15) is 5.75 Å². The predicted molar refractivity (Wildman–Crippen MR) is 73.2 cm³/mol. The molecule has 0 fully saturated rings. The quantitative estimate of drug-likeness (QED) is 0.375. The van der Waals surface area contributed by atoms with Crippen LogP contribution in [0.25, 0.3) is 0 Å². The average molecular weight is 570 g/mol. The summed E-state index contributed by atoms with van der Waals surface area (Å²) >= 11 is 4.68. The van der Waals surface area contributed by atoms with E-state index in [1.54, 1.807) is 0 Å². The molecule has 1 rings (SSSR count). The van der Waals surface area contributed by atoms with E-state index >= 15 is 0 Å². The Labute approximate surface area is 162 Å². The summed E-state index contributed by atoms with van der Waals surface area (Å²) in [6.07, 6.45) is -7.46. The van der Waals surface area contributed by atoms with Crippen molar-refractivity contribution in [3.05, 3.63) is 26.6 Å². The van der Waals surface area contributed by atoms with Crippen molar-refractivity contribution >= 4 is 31.9 Å². The van der Waals surface area contributed by atoms with E-state index in [4.69, 9.17) is 0 Å². The van der Waals surface area contributed by atoms with E-state index in [1.165, 1.54) is 0 Å². The van der Waals surface area contributed by atoms with Crippen molar-refractivity contribution in [2.45, 2.75) is 35.8 Å². The number of alkyl halides is 13. The van der Waals surface area contributed by atoms with Gasteiger partial charge in [-0.15, -0.1) is 0 Å². The molecule has 0 spiro atoms. The summed E-state index contributed by atoms with van der Waals surface area (Å²) in [7, 11) is 0. The molecule has 1 aromatic carbocycles. The van der Waals surface area contributed by atoms with Crippen molar-refractivity contribution in [3.63, 3.8) is 0 Å². The SMILES string of the molecule is Oc1c(Br)cc(C(F)(F)C(F)(F)C(F)(F)C(F)(F)C(F)(F)C(F)(F)F)cc1Br. The summed E-state index contributed by atoms with van der Waals surface area (Å²) in [6.45, 7) is 0. The van der Waals surface area contributed by atoms with Gasteiger partial charge in [0.2, 0.25) is 0 Å². The molecule has 0 saturated heterocycles. The Morgan fingerprint density at radius 2 is 0.893 bits per heavy atom. The molecule has 0 radical (unpaired) electrons. The molecule has 0 heterocycles. The fourth-order valence-corrected chi connectivity index (χ4v) is 2.88. The standard InChI is InChI=1S/C12H3Br2F13O/c13-4-1-3(2-5(14)6(4)28)7(15,16)8(17,18)9(19,20)10(21,22)11(23,24)12(25,26)27/h1-2,28H. The Morgan fingerprint density at radius 3 is 1.21 bits per heavy atom. The van der Waals surface area contributed by atoms with E-state index in [0.29, 0.717) is 0 Å². The van der Waals surface area contributed by atoms with Crippen molar-refractivity contribution in [1.82, 2.24) is 0 Å². The highest BCUT2D eigenvalue weighted by Gasteiger charge is 2.90. The van der Waals surface area contributed by atoms with Gasteiger partial charge < -0.3 is 5.11 Å².